The van der Waals surface area contributed by atoms with Crippen molar-refractivity contribution in [2.75, 3.05) is 33.7 Å². The molecule has 13 N–H and O–H groups in total. The number of nitrogens with zero attached hydrogens (tertiary/aromatic N) is 2. The first kappa shape index (κ1) is 37.6. The Morgan fingerprint density at radius 2 is 1.27 bits per heavy atom. The number of hydrogen-bond acceptors (Lipinski definition) is 7. The zero-order valence-corrected chi connectivity index (χ0v) is 25.9. The Hall–Kier alpha value is -4.40. The van der Waals surface area contributed by atoms with Gasteiger partial charge in [0.05, 0.1) is 6.04 Å². The highest BCUT2D eigenvalue weighted by atomic mass is 16.2. The lowest BCUT2D eigenvalue weighted by Crippen LogP contribution is -2.56. The summed E-state index contributed by atoms with van der Waals surface area (Å²) in [5, 5.41) is 14.1. The monoisotopic (exact) mass is 617 g/mol. The van der Waals surface area contributed by atoms with Crippen LogP contribution in [0.5, 0.6) is 0 Å². The first-order valence-corrected chi connectivity index (χ1v) is 15.0. The number of likely N-dealkylation sites (N-methyl/N-ethyl adjacent to an activating group) is 1. The number of nitrogens with one attached hydrogen (secondary N) is 5. The maximum Gasteiger partial charge on any atom is 0.243 e. The Balaban J connectivity index is 2.96. The molecule has 1 aromatic rings. The molecule has 0 aliphatic carbocycles. The first-order chi connectivity index (χ1) is 21.1. The van der Waals surface area contributed by atoms with Crippen LogP contribution >= 0.6 is 0 Å². The van der Waals surface area contributed by atoms with Crippen LogP contribution in [0.1, 0.15) is 56.9 Å². The van der Waals surface area contributed by atoms with Gasteiger partial charge in [0.25, 0.3) is 0 Å². The number of guanidine groups is 2. The fourth-order valence-corrected chi connectivity index (χ4v) is 4.33. The van der Waals surface area contributed by atoms with Crippen molar-refractivity contribution in [1.82, 2.24) is 26.6 Å². The van der Waals surface area contributed by atoms with E-state index in [1.54, 1.807) is 14.1 Å². The molecular formula is C29H51N11O4. The molecule has 0 radical (unpaired) electrons. The summed E-state index contributed by atoms with van der Waals surface area (Å²) < 4.78 is 0. The van der Waals surface area contributed by atoms with Crippen LogP contribution in [-0.4, -0.2) is 87.4 Å². The summed E-state index contributed by atoms with van der Waals surface area (Å²) in [4.78, 5) is 59.3. The number of benzene rings is 1. The maximum absolute atomic E-state index is 13.6. The van der Waals surface area contributed by atoms with Gasteiger partial charge in [0.1, 0.15) is 12.1 Å². The number of unbranched alkanes of at least 4 members (excludes halogenated alkanes) is 2. The highest BCUT2D eigenvalue weighted by Crippen LogP contribution is 2.08. The fourth-order valence-electron chi connectivity index (χ4n) is 4.33. The normalized spacial score (nSPS) is 12.6. The minimum atomic E-state index is -0.948. The molecule has 44 heavy (non-hydrogen) atoms. The molecule has 1 rings (SSSR count). The van der Waals surface area contributed by atoms with E-state index in [0.29, 0.717) is 51.6 Å². The third kappa shape index (κ3) is 16.9. The lowest BCUT2D eigenvalue weighted by atomic mass is 10.0. The number of nitrogens with two attached hydrogens (primary N) is 4. The molecule has 0 aliphatic heterocycles. The molecule has 0 spiro atoms. The van der Waals surface area contributed by atoms with Gasteiger partial charge in [-0.15, -0.1) is 0 Å². The SMILES string of the molecule is CNC(=O)CCCCCNC(=O)C(CCCN=C(N)N)NC(=O)C(Cc1ccccc1)NC(=O)C(CCCN=C(N)N)NC. The van der Waals surface area contributed by atoms with Crippen LogP contribution in [0.25, 0.3) is 0 Å². The Labute approximate surface area is 259 Å². The van der Waals surface area contributed by atoms with Crippen molar-refractivity contribution < 1.29 is 19.2 Å². The molecule has 0 fully saturated rings. The van der Waals surface area contributed by atoms with Crippen LogP contribution in [-0.2, 0) is 25.6 Å². The van der Waals surface area contributed by atoms with Gasteiger partial charge in [-0.1, -0.05) is 36.8 Å². The van der Waals surface area contributed by atoms with Crippen LogP contribution in [0.3, 0.4) is 0 Å². The predicted molar refractivity (Wildman–Crippen MR) is 172 cm³/mol. The van der Waals surface area contributed by atoms with Crippen molar-refractivity contribution in [2.45, 2.75) is 75.9 Å². The molecule has 0 saturated heterocycles. The van der Waals surface area contributed by atoms with Gasteiger partial charge in [0.2, 0.25) is 23.6 Å². The van der Waals surface area contributed by atoms with Crippen molar-refractivity contribution in [1.29, 1.82) is 0 Å². The lowest BCUT2D eigenvalue weighted by molar-refractivity contribution is -0.132. The summed E-state index contributed by atoms with van der Waals surface area (Å²) in [7, 11) is 3.25. The summed E-state index contributed by atoms with van der Waals surface area (Å²) in [6, 6.07) is 6.87. The van der Waals surface area contributed by atoms with E-state index in [1.807, 2.05) is 30.3 Å². The van der Waals surface area contributed by atoms with Crippen LogP contribution in [0.15, 0.2) is 40.3 Å². The third-order valence-electron chi connectivity index (χ3n) is 6.76. The van der Waals surface area contributed by atoms with Gasteiger partial charge in [0, 0.05) is 39.5 Å². The molecule has 15 heteroatoms. The topological polar surface area (TPSA) is 257 Å². The van der Waals surface area contributed by atoms with Crippen molar-refractivity contribution in [3.63, 3.8) is 0 Å². The molecule has 0 heterocycles. The number of carbonyl (C=O) groups is 4. The zero-order valence-electron chi connectivity index (χ0n) is 25.9. The Morgan fingerprint density at radius 3 is 1.84 bits per heavy atom. The number of aliphatic imine (C=N–C) groups is 2. The zero-order chi connectivity index (χ0) is 32.7. The van der Waals surface area contributed by atoms with Crippen LogP contribution in [0.4, 0.5) is 0 Å². The van der Waals surface area contributed by atoms with E-state index in [9.17, 15) is 19.2 Å². The molecule has 0 bridgehead atoms. The van der Waals surface area contributed by atoms with Gasteiger partial charge in [-0.25, -0.2) is 0 Å². The van der Waals surface area contributed by atoms with Gasteiger partial charge in [0.15, 0.2) is 11.9 Å². The first-order valence-electron chi connectivity index (χ1n) is 15.0. The largest absolute Gasteiger partial charge is 0.370 e. The van der Waals surface area contributed by atoms with Crippen molar-refractivity contribution in [3.8, 4) is 0 Å². The maximum atomic E-state index is 13.6. The van der Waals surface area contributed by atoms with E-state index in [2.05, 4.69) is 36.6 Å². The standard InChI is InChI=1S/C29H51N11O4/c1-34-21(13-9-17-37-28(30)31)26(43)40-23(19-20-11-5-3-6-12-20)27(44)39-22(14-10-18-38-29(32)33)25(42)36-16-8-4-7-15-24(41)35-2/h3,5-6,11-12,21-23,34H,4,7-10,13-19H2,1-2H3,(H,35,41)(H,36,42)(H,39,44)(H,40,43)(H4,30,31,37)(H4,32,33,38). The second-order valence-corrected chi connectivity index (χ2v) is 10.3. The molecule has 4 amide bonds. The van der Waals surface area contributed by atoms with E-state index < -0.39 is 24.0 Å². The predicted octanol–water partition coefficient (Wildman–Crippen LogP) is -1.68. The highest BCUT2D eigenvalue weighted by Gasteiger charge is 2.28. The second-order valence-electron chi connectivity index (χ2n) is 10.3. The summed E-state index contributed by atoms with van der Waals surface area (Å²) >= 11 is 0. The molecule has 3 atom stereocenters. The molecular weight excluding hydrogens is 566 g/mol. The Bertz CT molecular complexity index is 1070. The smallest absolute Gasteiger partial charge is 0.243 e. The van der Waals surface area contributed by atoms with E-state index in [-0.39, 0.29) is 49.0 Å². The number of rotatable bonds is 22. The van der Waals surface area contributed by atoms with Crippen molar-refractivity contribution >= 4 is 35.5 Å². The summed E-state index contributed by atoms with van der Waals surface area (Å²) in [6.07, 6.45) is 4.50. The molecule has 1 aromatic carbocycles. The van der Waals surface area contributed by atoms with Crippen LogP contribution < -0.4 is 49.5 Å². The van der Waals surface area contributed by atoms with Gasteiger partial charge in [-0.2, -0.15) is 0 Å². The quantitative estimate of drug-likeness (QED) is 0.0408. The van der Waals surface area contributed by atoms with E-state index in [0.717, 1.165) is 12.0 Å². The second kappa shape index (κ2) is 22.2. The van der Waals surface area contributed by atoms with E-state index >= 15 is 0 Å². The number of amides is 4. The van der Waals surface area contributed by atoms with Crippen LogP contribution in [0.2, 0.25) is 0 Å². The van der Waals surface area contributed by atoms with E-state index in [1.165, 1.54) is 0 Å². The Kier molecular flexibility index (Phi) is 19.0. The Morgan fingerprint density at radius 1 is 0.705 bits per heavy atom. The third-order valence-corrected chi connectivity index (χ3v) is 6.76. The fraction of sp³-hybridized carbons (Fsp3) is 0.586. The number of hydrogen-bond donors (Lipinski definition) is 9. The van der Waals surface area contributed by atoms with Gasteiger partial charge in [-0.3, -0.25) is 29.2 Å². The van der Waals surface area contributed by atoms with Gasteiger partial charge in [-0.05, 0) is 51.1 Å². The molecule has 246 valence electrons. The van der Waals surface area contributed by atoms with Gasteiger partial charge >= 0.3 is 0 Å². The average Bonchev–Trinajstić information content (AvgIpc) is 2.99. The van der Waals surface area contributed by atoms with Gasteiger partial charge < -0.3 is 49.5 Å². The van der Waals surface area contributed by atoms with Crippen molar-refractivity contribution in [2.24, 2.45) is 32.9 Å². The molecule has 15 nitrogen and oxygen atoms in total. The molecule has 0 aliphatic rings. The highest BCUT2D eigenvalue weighted by molar-refractivity contribution is 5.93. The van der Waals surface area contributed by atoms with Crippen LogP contribution in [0, 0.1) is 0 Å². The molecule has 0 saturated carbocycles. The lowest BCUT2D eigenvalue weighted by Gasteiger charge is -2.25. The summed E-state index contributed by atoms with van der Waals surface area (Å²) in [5.74, 6) is -1.32. The molecule has 3 unspecified atom stereocenters. The molecule has 0 aromatic heterocycles. The average molecular weight is 618 g/mol. The van der Waals surface area contributed by atoms with E-state index in [4.69, 9.17) is 22.9 Å². The van der Waals surface area contributed by atoms with Crippen molar-refractivity contribution in [3.05, 3.63) is 35.9 Å². The minimum Gasteiger partial charge on any atom is -0.370 e. The minimum absolute atomic E-state index is 0.0204. The summed E-state index contributed by atoms with van der Waals surface area (Å²) in [5.41, 5.74) is 22.4. The number of carbonyl (C=O) groups excluding carboxylic acids is 4. The summed E-state index contributed by atoms with van der Waals surface area (Å²) in [6.45, 7) is 1.04.